The van der Waals surface area contributed by atoms with E-state index in [4.69, 9.17) is 4.74 Å². The van der Waals surface area contributed by atoms with Gasteiger partial charge in [0.15, 0.2) is 0 Å². The lowest BCUT2D eigenvalue weighted by Gasteiger charge is -2.29. The number of anilines is 1. The lowest BCUT2D eigenvalue weighted by atomic mass is 9.79. The monoisotopic (exact) mass is 540 g/mol. The third-order valence-electron chi connectivity index (χ3n) is 6.23. The molecule has 0 spiro atoms. The number of amides is 1. The fourth-order valence-electron chi connectivity index (χ4n) is 4.40. The number of nitro groups is 1. The third kappa shape index (κ3) is 5.24. The Bertz CT molecular complexity index is 1240. The van der Waals surface area contributed by atoms with E-state index in [2.05, 4.69) is 21.2 Å². The maximum Gasteiger partial charge on any atom is 0.317 e. The number of hydrogen-bond donors (Lipinski definition) is 1. The largest absolute Gasteiger partial charge is 0.447 e. The zero-order valence-corrected chi connectivity index (χ0v) is 20.2. The Kier molecular flexibility index (Phi) is 7.25. The molecule has 35 heavy (non-hydrogen) atoms. The van der Waals surface area contributed by atoms with Crippen molar-refractivity contribution in [3.63, 3.8) is 0 Å². The Balaban J connectivity index is 1.63. The number of carbonyl (C=O) groups is 2. The molecule has 9 heteroatoms. The highest BCUT2D eigenvalue weighted by Crippen LogP contribution is 2.43. The van der Waals surface area contributed by atoms with Gasteiger partial charge >= 0.3 is 5.97 Å². The first kappa shape index (κ1) is 24.5. The second-order valence-corrected chi connectivity index (χ2v) is 9.26. The van der Waals surface area contributed by atoms with Gasteiger partial charge in [-0.05, 0) is 52.5 Å². The third-order valence-corrected chi connectivity index (χ3v) is 6.89. The first-order valence-corrected chi connectivity index (χ1v) is 11.9. The Morgan fingerprint density at radius 3 is 2.29 bits per heavy atom. The summed E-state index contributed by atoms with van der Waals surface area (Å²) >= 11 is 3.24. The summed E-state index contributed by atoms with van der Waals surface area (Å²) in [5, 5.41) is 13.7. The van der Waals surface area contributed by atoms with E-state index in [-0.39, 0.29) is 5.69 Å². The number of rotatable bonds is 7. The normalized spacial score (nSPS) is 15.3. The van der Waals surface area contributed by atoms with Crippen molar-refractivity contribution in [1.29, 1.82) is 0 Å². The number of nitrogens with one attached hydrogen (secondary N) is 1. The van der Waals surface area contributed by atoms with Crippen molar-refractivity contribution in [2.75, 3.05) is 5.32 Å². The highest BCUT2D eigenvalue weighted by atomic mass is 79.9. The van der Waals surface area contributed by atoms with Crippen LogP contribution in [0.25, 0.3) is 0 Å². The molecule has 0 unspecified atom stereocenters. The zero-order valence-electron chi connectivity index (χ0n) is 18.6. The van der Waals surface area contributed by atoms with E-state index in [1.165, 1.54) is 30.3 Å². The van der Waals surface area contributed by atoms with Gasteiger partial charge in [0.1, 0.15) is 5.82 Å². The smallest absolute Gasteiger partial charge is 0.317 e. The second kappa shape index (κ2) is 10.4. The summed E-state index contributed by atoms with van der Waals surface area (Å²) in [7, 11) is 0. The lowest BCUT2D eigenvalue weighted by Crippen LogP contribution is -2.38. The van der Waals surface area contributed by atoms with Crippen LogP contribution in [-0.4, -0.2) is 16.8 Å². The molecule has 0 radical (unpaired) electrons. The molecule has 1 aliphatic rings. The first-order valence-electron chi connectivity index (χ1n) is 11.1. The van der Waals surface area contributed by atoms with Crippen LogP contribution < -0.4 is 5.32 Å². The molecule has 0 aliphatic heterocycles. The molecule has 7 nitrogen and oxygen atoms in total. The SMILES string of the molecule is O=C(Nc1ccc([N+](=O)[O-])cc1Br)[C@H](OC(=O)C1(c2ccc(F)cc2)CCCC1)c1ccccc1. The summed E-state index contributed by atoms with van der Waals surface area (Å²) in [5.41, 5.74) is 0.333. The predicted octanol–water partition coefficient (Wildman–Crippen LogP) is 6.23. The highest BCUT2D eigenvalue weighted by molar-refractivity contribution is 9.10. The van der Waals surface area contributed by atoms with Crippen molar-refractivity contribution < 1.29 is 23.6 Å². The molecule has 1 fully saturated rings. The molecule has 1 saturated carbocycles. The van der Waals surface area contributed by atoms with E-state index >= 15 is 0 Å². The van der Waals surface area contributed by atoms with Gasteiger partial charge in [-0.3, -0.25) is 19.7 Å². The fraction of sp³-hybridized carbons (Fsp3) is 0.231. The quantitative estimate of drug-likeness (QED) is 0.217. The topological polar surface area (TPSA) is 98.5 Å². The number of esters is 1. The fourth-order valence-corrected chi connectivity index (χ4v) is 4.86. The molecule has 1 atom stereocenters. The average Bonchev–Trinajstić information content (AvgIpc) is 3.36. The van der Waals surface area contributed by atoms with Gasteiger partial charge in [0.25, 0.3) is 11.6 Å². The Hall–Kier alpha value is -3.59. The van der Waals surface area contributed by atoms with Gasteiger partial charge in [-0.2, -0.15) is 0 Å². The van der Waals surface area contributed by atoms with Gasteiger partial charge in [0.05, 0.1) is 16.0 Å². The van der Waals surface area contributed by atoms with Gasteiger partial charge in [0.2, 0.25) is 6.10 Å². The zero-order chi connectivity index (χ0) is 25.0. The van der Waals surface area contributed by atoms with Crippen LogP contribution in [0.5, 0.6) is 0 Å². The summed E-state index contributed by atoms with van der Waals surface area (Å²) in [5.74, 6) is -1.55. The van der Waals surface area contributed by atoms with E-state index in [9.17, 15) is 24.1 Å². The molecule has 4 rings (SSSR count). The van der Waals surface area contributed by atoms with E-state index in [1.54, 1.807) is 42.5 Å². The van der Waals surface area contributed by atoms with Gasteiger partial charge in [-0.15, -0.1) is 0 Å². The van der Waals surface area contributed by atoms with Gasteiger partial charge in [-0.1, -0.05) is 55.3 Å². The Labute approximate surface area is 209 Å². The summed E-state index contributed by atoms with van der Waals surface area (Å²) in [4.78, 5) is 37.4. The summed E-state index contributed by atoms with van der Waals surface area (Å²) < 4.78 is 19.7. The predicted molar refractivity (Wildman–Crippen MR) is 131 cm³/mol. The molecular formula is C26H22BrFN2O5. The van der Waals surface area contributed by atoms with Gasteiger partial charge in [0, 0.05) is 22.2 Å². The highest BCUT2D eigenvalue weighted by Gasteiger charge is 2.46. The molecule has 0 bridgehead atoms. The van der Waals surface area contributed by atoms with Crippen molar-refractivity contribution in [3.8, 4) is 0 Å². The summed E-state index contributed by atoms with van der Waals surface area (Å²) in [6.45, 7) is 0. The summed E-state index contributed by atoms with van der Waals surface area (Å²) in [6, 6.07) is 18.4. The van der Waals surface area contributed by atoms with Crippen LogP contribution >= 0.6 is 15.9 Å². The second-order valence-electron chi connectivity index (χ2n) is 8.40. The van der Waals surface area contributed by atoms with Gasteiger partial charge < -0.3 is 10.1 Å². The van der Waals surface area contributed by atoms with E-state index in [1.807, 2.05) is 0 Å². The van der Waals surface area contributed by atoms with Crippen LogP contribution in [-0.2, 0) is 19.7 Å². The number of nitro benzene ring substituents is 1. The van der Waals surface area contributed by atoms with E-state index < -0.39 is 34.1 Å². The van der Waals surface area contributed by atoms with Crippen LogP contribution in [0, 0.1) is 15.9 Å². The number of benzene rings is 3. The standard InChI is InChI=1S/C26H22BrFN2O5/c27-21-16-20(30(33)34)12-13-22(21)29-24(31)23(17-6-2-1-3-7-17)35-25(32)26(14-4-5-15-26)18-8-10-19(28)11-9-18/h1-3,6-13,16,23H,4-5,14-15H2,(H,29,31)/t23-/m1/s1. The lowest BCUT2D eigenvalue weighted by molar-refractivity contribution is -0.384. The number of ether oxygens (including phenoxy) is 1. The average molecular weight is 541 g/mol. The maximum absolute atomic E-state index is 13.6. The number of nitrogens with zero attached hydrogens (tertiary/aromatic N) is 1. The Morgan fingerprint density at radius 1 is 1.03 bits per heavy atom. The van der Waals surface area contributed by atoms with Crippen LogP contribution in [0.15, 0.2) is 77.3 Å². The maximum atomic E-state index is 13.6. The molecule has 1 N–H and O–H groups in total. The number of carbonyl (C=O) groups excluding carboxylic acids is 2. The van der Waals surface area contributed by atoms with E-state index in [0.29, 0.717) is 34.1 Å². The van der Waals surface area contributed by atoms with Crippen molar-refractivity contribution in [1.82, 2.24) is 0 Å². The molecule has 0 aromatic heterocycles. The van der Waals surface area contributed by atoms with Crippen molar-refractivity contribution in [2.24, 2.45) is 0 Å². The molecular weight excluding hydrogens is 519 g/mol. The van der Waals surface area contributed by atoms with E-state index in [0.717, 1.165) is 12.8 Å². The van der Waals surface area contributed by atoms with Gasteiger partial charge in [-0.25, -0.2) is 4.39 Å². The molecule has 3 aromatic carbocycles. The van der Waals surface area contributed by atoms with Crippen LogP contribution in [0.4, 0.5) is 15.8 Å². The summed E-state index contributed by atoms with van der Waals surface area (Å²) in [6.07, 6.45) is 1.43. The molecule has 1 aliphatic carbocycles. The number of non-ortho nitro benzene ring substituents is 1. The molecule has 180 valence electrons. The van der Waals surface area contributed by atoms with Crippen molar-refractivity contribution in [2.45, 2.75) is 37.2 Å². The molecule has 0 heterocycles. The van der Waals surface area contributed by atoms with Crippen molar-refractivity contribution >= 4 is 39.2 Å². The first-order chi connectivity index (χ1) is 16.8. The minimum absolute atomic E-state index is 0.136. The minimum atomic E-state index is -1.26. The van der Waals surface area contributed by atoms with Crippen molar-refractivity contribution in [3.05, 3.63) is 104 Å². The number of halogens is 2. The molecule has 0 saturated heterocycles. The van der Waals surface area contributed by atoms with Crippen LogP contribution in [0.3, 0.4) is 0 Å². The number of hydrogen-bond acceptors (Lipinski definition) is 5. The van der Waals surface area contributed by atoms with Crippen LogP contribution in [0.2, 0.25) is 0 Å². The van der Waals surface area contributed by atoms with Crippen LogP contribution in [0.1, 0.15) is 42.9 Å². The Morgan fingerprint density at radius 2 is 1.69 bits per heavy atom. The molecule has 3 aromatic rings. The minimum Gasteiger partial charge on any atom is -0.447 e. The molecule has 1 amide bonds.